The maximum atomic E-state index is 13.2. The lowest BCUT2D eigenvalue weighted by Gasteiger charge is -2.52. The third-order valence-corrected chi connectivity index (χ3v) is 11.2. The Morgan fingerprint density at radius 3 is 2.74 bits per heavy atom. The van der Waals surface area contributed by atoms with Crippen LogP contribution < -0.4 is 5.32 Å². The van der Waals surface area contributed by atoms with Gasteiger partial charge >= 0.3 is 0 Å². The molecule has 4 heteroatoms. The Bertz CT molecular complexity index is 821. The lowest BCUT2D eigenvalue weighted by atomic mass is 9.51. The number of carbonyl (C=O) groups is 1. The smallest absolute Gasteiger partial charge is 0.136 e. The minimum Gasteiger partial charge on any atom is -0.393 e. The molecule has 6 rings (SSSR count). The molecule has 4 aliphatic carbocycles. The largest absolute Gasteiger partial charge is 0.393 e. The predicted molar refractivity (Wildman–Crippen MR) is 120 cm³/mol. The molecular weight excluding hydrogens is 386 g/mol. The normalized spacial score (nSPS) is 56.3. The number of hydrogen-bond acceptors (Lipinski definition) is 4. The zero-order chi connectivity index (χ0) is 21.7. The van der Waals surface area contributed by atoms with Crippen LogP contribution in [0.5, 0.6) is 0 Å². The van der Waals surface area contributed by atoms with E-state index in [1.165, 1.54) is 18.4 Å². The summed E-state index contributed by atoms with van der Waals surface area (Å²) in [6, 6.07) is 0.482. The van der Waals surface area contributed by atoms with Gasteiger partial charge in [0.25, 0.3) is 0 Å². The number of allylic oxidation sites excluding steroid dienone is 1. The van der Waals surface area contributed by atoms with Crippen molar-refractivity contribution >= 4 is 5.78 Å². The molecule has 4 nitrogen and oxygen atoms in total. The van der Waals surface area contributed by atoms with Crippen LogP contribution in [0.15, 0.2) is 11.1 Å². The van der Waals surface area contributed by atoms with Crippen molar-refractivity contribution in [1.82, 2.24) is 5.32 Å². The van der Waals surface area contributed by atoms with Gasteiger partial charge in [-0.25, -0.2) is 0 Å². The highest BCUT2D eigenvalue weighted by molar-refractivity contribution is 5.83. The Labute approximate surface area is 187 Å². The third-order valence-electron chi connectivity index (χ3n) is 11.2. The van der Waals surface area contributed by atoms with Crippen molar-refractivity contribution in [3.8, 4) is 0 Å². The van der Waals surface area contributed by atoms with E-state index in [0.29, 0.717) is 53.9 Å². The average Bonchev–Trinajstić information content (AvgIpc) is 3.23. The first-order valence-corrected chi connectivity index (χ1v) is 13.1. The molecule has 2 heterocycles. The number of Topliss-reactive ketones (excluding diaryl/α,β-unsaturated/α-hetero) is 1. The monoisotopic (exact) mass is 427 g/mol. The minimum atomic E-state index is -0.280. The van der Waals surface area contributed by atoms with Crippen LogP contribution in [-0.4, -0.2) is 41.3 Å². The van der Waals surface area contributed by atoms with Gasteiger partial charge in [0.05, 0.1) is 17.8 Å². The summed E-state index contributed by atoms with van der Waals surface area (Å²) in [5, 5.41) is 14.1. The van der Waals surface area contributed by atoms with Crippen LogP contribution >= 0.6 is 0 Å². The van der Waals surface area contributed by atoms with Gasteiger partial charge in [-0.3, -0.25) is 4.79 Å². The topological polar surface area (TPSA) is 58.6 Å². The first-order chi connectivity index (χ1) is 14.7. The van der Waals surface area contributed by atoms with Gasteiger partial charge < -0.3 is 15.2 Å². The Morgan fingerprint density at radius 2 is 1.94 bits per heavy atom. The van der Waals surface area contributed by atoms with Crippen molar-refractivity contribution in [2.45, 2.75) is 103 Å². The number of carbonyl (C=O) groups excluding carboxylic acids is 1. The molecule has 1 unspecified atom stereocenters. The van der Waals surface area contributed by atoms with E-state index in [1.54, 1.807) is 5.57 Å². The molecule has 2 N–H and O–H groups in total. The van der Waals surface area contributed by atoms with E-state index in [9.17, 15) is 9.90 Å². The number of aliphatic hydroxyl groups is 1. The quantitative estimate of drug-likeness (QED) is 0.567. The zero-order valence-electron chi connectivity index (χ0n) is 19.8. The second-order valence-corrected chi connectivity index (χ2v) is 12.5. The SMILES string of the molecule is CC1=C2C[C@H]3[C@@H](CC(=O)C4C[C@@H](O)CC[C@@]43C)[C@@H]2CC[C@]12O[C@@H]1C[C@H](C)CN[C@H]1[C@H]2C. The van der Waals surface area contributed by atoms with Crippen molar-refractivity contribution in [3.05, 3.63) is 11.1 Å². The van der Waals surface area contributed by atoms with Gasteiger partial charge in [-0.1, -0.05) is 26.3 Å². The van der Waals surface area contributed by atoms with Crippen molar-refractivity contribution in [1.29, 1.82) is 0 Å². The van der Waals surface area contributed by atoms with Crippen molar-refractivity contribution in [2.75, 3.05) is 6.54 Å². The summed E-state index contributed by atoms with van der Waals surface area (Å²) in [5.41, 5.74) is 3.15. The van der Waals surface area contributed by atoms with Gasteiger partial charge in [0.15, 0.2) is 0 Å². The summed E-state index contributed by atoms with van der Waals surface area (Å²) >= 11 is 0. The Balaban J connectivity index is 1.35. The lowest BCUT2D eigenvalue weighted by Crippen LogP contribution is -2.51. The summed E-state index contributed by atoms with van der Waals surface area (Å²) in [4.78, 5) is 13.2. The second kappa shape index (κ2) is 6.90. The van der Waals surface area contributed by atoms with Gasteiger partial charge in [0, 0.05) is 24.3 Å². The molecule has 0 bridgehead atoms. The van der Waals surface area contributed by atoms with Crippen molar-refractivity contribution in [2.24, 2.45) is 40.9 Å². The molecule has 0 amide bonds. The summed E-state index contributed by atoms with van der Waals surface area (Å²) in [7, 11) is 0. The van der Waals surface area contributed by atoms with E-state index < -0.39 is 0 Å². The van der Waals surface area contributed by atoms with E-state index in [2.05, 4.69) is 33.0 Å². The van der Waals surface area contributed by atoms with Crippen LogP contribution in [0.4, 0.5) is 0 Å². The highest BCUT2D eigenvalue weighted by atomic mass is 16.5. The number of nitrogens with one attached hydrogen (secondary N) is 1. The molecule has 6 aliphatic rings. The molecule has 3 saturated carbocycles. The average molecular weight is 428 g/mol. The van der Waals surface area contributed by atoms with Gasteiger partial charge in [-0.15, -0.1) is 0 Å². The van der Waals surface area contributed by atoms with Gasteiger partial charge in [-0.2, -0.15) is 0 Å². The first-order valence-electron chi connectivity index (χ1n) is 13.1. The van der Waals surface area contributed by atoms with Crippen molar-refractivity contribution in [3.63, 3.8) is 0 Å². The fourth-order valence-corrected chi connectivity index (χ4v) is 9.46. The predicted octanol–water partition coefficient (Wildman–Crippen LogP) is 4.26. The number of hydrogen-bond donors (Lipinski definition) is 2. The maximum absolute atomic E-state index is 13.2. The zero-order valence-corrected chi connectivity index (χ0v) is 19.8. The number of fused-ring (bicyclic) bond motifs is 6. The number of aliphatic hydroxyl groups excluding tert-OH is 1. The van der Waals surface area contributed by atoms with Gasteiger partial charge in [0.1, 0.15) is 5.78 Å². The minimum absolute atomic E-state index is 0.0720. The molecule has 2 saturated heterocycles. The third kappa shape index (κ3) is 2.74. The molecule has 31 heavy (non-hydrogen) atoms. The van der Waals surface area contributed by atoms with Crippen LogP contribution in [0.1, 0.15) is 79.1 Å². The molecule has 2 aliphatic heterocycles. The lowest BCUT2D eigenvalue weighted by molar-refractivity contribution is -0.145. The van der Waals surface area contributed by atoms with Gasteiger partial charge in [0.2, 0.25) is 0 Å². The summed E-state index contributed by atoms with van der Waals surface area (Å²) in [5.74, 6) is 3.41. The van der Waals surface area contributed by atoms with Crippen LogP contribution in [0.25, 0.3) is 0 Å². The van der Waals surface area contributed by atoms with E-state index in [1.807, 2.05) is 0 Å². The second-order valence-electron chi connectivity index (χ2n) is 12.5. The molecule has 0 aromatic heterocycles. The number of ether oxygens (including phenoxy) is 1. The molecule has 1 spiro atoms. The molecule has 172 valence electrons. The Morgan fingerprint density at radius 1 is 1.13 bits per heavy atom. The number of piperidine rings is 1. The van der Waals surface area contributed by atoms with Crippen LogP contribution in [0.3, 0.4) is 0 Å². The number of rotatable bonds is 0. The van der Waals surface area contributed by atoms with Crippen LogP contribution in [0, 0.1) is 40.9 Å². The fourth-order valence-electron chi connectivity index (χ4n) is 9.46. The molecule has 5 fully saturated rings. The van der Waals surface area contributed by atoms with Gasteiger partial charge in [-0.05, 0) is 93.1 Å². The molecule has 0 radical (unpaired) electrons. The van der Waals surface area contributed by atoms with E-state index >= 15 is 0 Å². The van der Waals surface area contributed by atoms with Crippen LogP contribution in [-0.2, 0) is 9.53 Å². The van der Waals surface area contributed by atoms with Crippen LogP contribution in [0.2, 0.25) is 0 Å². The summed E-state index contributed by atoms with van der Waals surface area (Å²) in [6.45, 7) is 10.6. The van der Waals surface area contributed by atoms with Crippen molar-refractivity contribution < 1.29 is 14.6 Å². The Kier molecular flexibility index (Phi) is 4.64. The highest BCUT2D eigenvalue weighted by Crippen LogP contribution is 2.65. The molecule has 0 aromatic carbocycles. The Hall–Kier alpha value is -0.710. The maximum Gasteiger partial charge on any atom is 0.136 e. The highest BCUT2D eigenvalue weighted by Gasteiger charge is 2.62. The standard InChI is InChI=1S/C27H41NO3/c1-14-9-24-25(28-13-14)16(3)27(31-24)8-6-18-19(15(27)2)11-21-20(18)12-23(30)22-10-17(29)5-7-26(21,22)4/h14,16-18,20-22,24-25,28-29H,5-13H2,1-4H3/t14-,16+,17-,18+,20-,21-,22?,24+,25-,26+,27-/m0/s1. The van der Waals surface area contributed by atoms with E-state index in [4.69, 9.17) is 4.74 Å². The fraction of sp³-hybridized carbons (Fsp3) is 0.889. The van der Waals surface area contributed by atoms with E-state index in [0.717, 1.165) is 38.6 Å². The molecule has 0 aromatic rings. The summed E-state index contributed by atoms with van der Waals surface area (Å²) < 4.78 is 7.00. The van der Waals surface area contributed by atoms with E-state index in [-0.39, 0.29) is 23.0 Å². The first kappa shape index (κ1) is 20.9. The molecule has 11 atom stereocenters. The number of ketones is 1. The molecular formula is C27H41NO3. The summed E-state index contributed by atoms with van der Waals surface area (Å²) in [6.07, 6.45) is 8.02.